The van der Waals surface area contributed by atoms with Crippen LogP contribution in [0.3, 0.4) is 0 Å². The SMILES string of the molecule is C#CCBr.C#CCC1CCCOC1=O.O=C1CCCCO1. The van der Waals surface area contributed by atoms with Crippen molar-refractivity contribution in [1.82, 2.24) is 0 Å². The minimum absolute atomic E-state index is 0.0289. The van der Waals surface area contributed by atoms with Gasteiger partial charge in [-0.1, -0.05) is 21.9 Å². The number of cyclic esters (lactones) is 2. The third-order valence-electron chi connectivity index (χ3n) is 2.75. The second-order valence-corrected chi connectivity index (χ2v) is 4.99. The highest BCUT2D eigenvalue weighted by molar-refractivity contribution is 9.09. The van der Waals surface area contributed by atoms with Crippen LogP contribution in [0.4, 0.5) is 0 Å². The second kappa shape index (κ2) is 13.5. The molecular formula is C16H21BrO4. The van der Waals surface area contributed by atoms with Crippen molar-refractivity contribution in [3.63, 3.8) is 0 Å². The van der Waals surface area contributed by atoms with Crippen LogP contribution in [0.5, 0.6) is 0 Å². The van der Waals surface area contributed by atoms with Crippen LogP contribution in [0.1, 0.15) is 38.5 Å². The number of hydrogen-bond donors (Lipinski definition) is 0. The van der Waals surface area contributed by atoms with Crippen LogP contribution in [-0.4, -0.2) is 30.5 Å². The van der Waals surface area contributed by atoms with Gasteiger partial charge < -0.3 is 9.47 Å². The number of terminal acetylenes is 2. The van der Waals surface area contributed by atoms with Gasteiger partial charge in [0, 0.05) is 12.8 Å². The summed E-state index contributed by atoms with van der Waals surface area (Å²) in [6.07, 6.45) is 14.9. The van der Waals surface area contributed by atoms with E-state index in [1.165, 1.54) is 0 Å². The minimum atomic E-state index is -0.121. The van der Waals surface area contributed by atoms with Crippen LogP contribution in [0, 0.1) is 30.6 Å². The molecule has 0 radical (unpaired) electrons. The number of ether oxygens (including phenoxy) is 2. The molecule has 1 unspecified atom stereocenters. The van der Waals surface area contributed by atoms with Crippen LogP contribution >= 0.6 is 15.9 Å². The van der Waals surface area contributed by atoms with E-state index in [0.717, 1.165) is 25.7 Å². The third-order valence-corrected chi connectivity index (χ3v) is 3.08. The fourth-order valence-electron chi connectivity index (χ4n) is 1.70. The van der Waals surface area contributed by atoms with Gasteiger partial charge in [0.2, 0.25) is 0 Å². The third kappa shape index (κ3) is 10.9. The molecule has 4 nitrogen and oxygen atoms in total. The van der Waals surface area contributed by atoms with Crippen LogP contribution < -0.4 is 0 Å². The van der Waals surface area contributed by atoms with Crippen molar-refractivity contribution in [2.45, 2.75) is 38.5 Å². The standard InChI is InChI=1S/C8H10O2.C5H8O2.C3H3Br/c1-2-4-7-5-3-6-10-8(7)9;6-5-3-1-2-4-7-5;1-2-3-4/h1,7H,3-6H2;1-4H2;1H,3H2. The van der Waals surface area contributed by atoms with Crippen molar-refractivity contribution in [3.05, 3.63) is 0 Å². The Labute approximate surface area is 135 Å². The molecule has 2 fully saturated rings. The Hall–Kier alpha value is -1.46. The molecule has 0 spiro atoms. The normalized spacial score (nSPS) is 20.0. The average molecular weight is 357 g/mol. The van der Waals surface area contributed by atoms with Gasteiger partial charge in [0.1, 0.15) is 0 Å². The van der Waals surface area contributed by atoms with Crippen molar-refractivity contribution in [2.24, 2.45) is 5.92 Å². The summed E-state index contributed by atoms with van der Waals surface area (Å²) < 4.78 is 9.45. The van der Waals surface area contributed by atoms with E-state index in [9.17, 15) is 9.59 Å². The number of rotatable bonds is 1. The highest BCUT2D eigenvalue weighted by atomic mass is 79.9. The molecule has 0 N–H and O–H groups in total. The maximum Gasteiger partial charge on any atom is 0.309 e. The molecule has 0 aromatic carbocycles. The zero-order valence-corrected chi connectivity index (χ0v) is 13.7. The van der Waals surface area contributed by atoms with Crippen molar-refractivity contribution in [1.29, 1.82) is 0 Å². The lowest BCUT2D eigenvalue weighted by Gasteiger charge is -2.18. The molecule has 2 aliphatic rings. The van der Waals surface area contributed by atoms with Crippen molar-refractivity contribution < 1.29 is 19.1 Å². The first-order chi connectivity index (χ1) is 10.2. The molecule has 0 aromatic heterocycles. The van der Waals surface area contributed by atoms with E-state index in [4.69, 9.17) is 17.6 Å². The van der Waals surface area contributed by atoms with Gasteiger partial charge in [0.05, 0.1) is 24.5 Å². The predicted molar refractivity (Wildman–Crippen MR) is 84.6 cm³/mol. The second-order valence-electron chi connectivity index (χ2n) is 4.43. The first-order valence-corrected chi connectivity index (χ1v) is 8.03. The van der Waals surface area contributed by atoms with Crippen LogP contribution in [0.2, 0.25) is 0 Å². The molecule has 0 aliphatic carbocycles. The maximum absolute atomic E-state index is 10.9. The van der Waals surface area contributed by atoms with Crippen molar-refractivity contribution in [3.8, 4) is 24.7 Å². The molecule has 2 rings (SSSR count). The molecule has 1 atom stereocenters. The molecule has 5 heteroatoms. The van der Waals surface area contributed by atoms with Crippen molar-refractivity contribution in [2.75, 3.05) is 18.5 Å². The highest BCUT2D eigenvalue weighted by Gasteiger charge is 2.22. The average Bonchev–Trinajstić information content (AvgIpc) is 2.51. The summed E-state index contributed by atoms with van der Waals surface area (Å²) >= 11 is 3.01. The van der Waals surface area contributed by atoms with Gasteiger partial charge in [-0.3, -0.25) is 9.59 Å². The van der Waals surface area contributed by atoms with Gasteiger partial charge in [0.15, 0.2) is 0 Å². The van der Waals surface area contributed by atoms with Gasteiger partial charge in [-0.25, -0.2) is 0 Å². The molecule has 2 aliphatic heterocycles. The number of esters is 2. The lowest BCUT2D eigenvalue weighted by molar-refractivity contribution is -0.152. The Bertz CT molecular complexity index is 384. The van der Waals surface area contributed by atoms with E-state index < -0.39 is 0 Å². The zero-order chi connectivity index (χ0) is 15.9. The van der Waals surface area contributed by atoms with Crippen LogP contribution in [0.25, 0.3) is 0 Å². The van der Waals surface area contributed by atoms with Gasteiger partial charge in [-0.05, 0) is 25.7 Å². The Kier molecular flexibility index (Phi) is 12.6. The molecule has 0 bridgehead atoms. The Morgan fingerprint density at radius 1 is 1.10 bits per heavy atom. The van der Waals surface area contributed by atoms with E-state index in [-0.39, 0.29) is 17.9 Å². The summed E-state index contributed by atoms with van der Waals surface area (Å²) in [5.74, 6) is 4.63. The quantitative estimate of drug-likeness (QED) is 0.411. The molecule has 2 heterocycles. The summed E-state index contributed by atoms with van der Waals surface area (Å²) in [5, 5.41) is 0.660. The van der Waals surface area contributed by atoms with Crippen LogP contribution in [-0.2, 0) is 19.1 Å². The van der Waals surface area contributed by atoms with Gasteiger partial charge in [-0.2, -0.15) is 0 Å². The molecule has 0 amide bonds. The molecular weight excluding hydrogens is 336 g/mol. The molecule has 2 saturated heterocycles. The van der Waals surface area contributed by atoms with Gasteiger partial charge >= 0.3 is 11.9 Å². The van der Waals surface area contributed by atoms with E-state index in [1.807, 2.05) is 0 Å². The van der Waals surface area contributed by atoms with Gasteiger partial charge in [-0.15, -0.1) is 18.8 Å². The highest BCUT2D eigenvalue weighted by Crippen LogP contribution is 2.17. The van der Waals surface area contributed by atoms with E-state index in [1.54, 1.807) is 0 Å². The fourth-order valence-corrected chi connectivity index (χ4v) is 1.70. The lowest BCUT2D eigenvalue weighted by Crippen LogP contribution is -2.23. The number of hydrogen-bond acceptors (Lipinski definition) is 4. The van der Waals surface area contributed by atoms with E-state index >= 15 is 0 Å². The predicted octanol–water partition coefficient (Wildman–Crippen LogP) is 2.69. The maximum atomic E-state index is 10.9. The first kappa shape index (κ1) is 19.5. The largest absolute Gasteiger partial charge is 0.466 e. The van der Waals surface area contributed by atoms with E-state index in [2.05, 4.69) is 32.5 Å². The fraction of sp³-hybridized carbons (Fsp3) is 0.625. The summed E-state index contributed by atoms with van der Waals surface area (Å²) in [4.78, 5) is 21.1. The summed E-state index contributed by atoms with van der Waals surface area (Å²) in [7, 11) is 0. The summed E-state index contributed by atoms with van der Waals surface area (Å²) in [5.41, 5.74) is 0. The Morgan fingerprint density at radius 2 is 1.76 bits per heavy atom. The number of alkyl halides is 1. The Morgan fingerprint density at radius 3 is 2.14 bits per heavy atom. The van der Waals surface area contributed by atoms with E-state index in [0.29, 0.717) is 31.4 Å². The number of carbonyl (C=O) groups is 2. The zero-order valence-electron chi connectivity index (χ0n) is 12.1. The minimum Gasteiger partial charge on any atom is -0.466 e. The van der Waals surface area contributed by atoms with Crippen molar-refractivity contribution >= 4 is 27.9 Å². The smallest absolute Gasteiger partial charge is 0.309 e. The van der Waals surface area contributed by atoms with Crippen LogP contribution in [0.15, 0.2) is 0 Å². The lowest BCUT2D eigenvalue weighted by atomic mass is 9.98. The number of halogens is 1. The molecule has 0 aromatic rings. The monoisotopic (exact) mass is 356 g/mol. The molecule has 21 heavy (non-hydrogen) atoms. The summed E-state index contributed by atoms with van der Waals surface area (Å²) in [6.45, 7) is 1.21. The molecule has 116 valence electrons. The first-order valence-electron chi connectivity index (χ1n) is 6.90. The topological polar surface area (TPSA) is 52.6 Å². The Balaban J connectivity index is 0.000000317. The summed E-state index contributed by atoms with van der Waals surface area (Å²) in [6, 6.07) is 0. The number of carbonyl (C=O) groups excluding carboxylic acids is 2. The molecule has 0 saturated carbocycles. The van der Waals surface area contributed by atoms with Gasteiger partial charge in [0.25, 0.3) is 0 Å².